The summed E-state index contributed by atoms with van der Waals surface area (Å²) in [5.41, 5.74) is 1.53. The summed E-state index contributed by atoms with van der Waals surface area (Å²) in [6.07, 6.45) is 0. The molecular formula is C17H13ClN2O4. The lowest BCUT2D eigenvalue weighted by molar-refractivity contribution is -0.117. The average molecular weight is 345 g/mol. The molecule has 0 aliphatic carbocycles. The first kappa shape index (κ1) is 14.8. The molecule has 0 spiro atoms. The number of likely N-dealkylation sites (N-methyl/N-ethyl adjacent to an activating group) is 1. The molecule has 2 heterocycles. The van der Waals surface area contributed by atoms with E-state index in [0.717, 1.165) is 0 Å². The maximum absolute atomic E-state index is 13.1. The Morgan fingerprint density at radius 1 is 1.12 bits per heavy atom. The van der Waals surface area contributed by atoms with E-state index in [9.17, 15) is 9.59 Å². The zero-order chi connectivity index (χ0) is 16.8. The highest BCUT2D eigenvalue weighted by Gasteiger charge is 2.35. The van der Waals surface area contributed by atoms with Gasteiger partial charge in [-0.1, -0.05) is 23.7 Å². The van der Waals surface area contributed by atoms with Crippen molar-refractivity contribution in [3.8, 4) is 11.5 Å². The van der Waals surface area contributed by atoms with Gasteiger partial charge in [0.25, 0.3) is 5.91 Å². The second kappa shape index (κ2) is 5.42. The minimum atomic E-state index is -0.392. The number of ether oxygens (including phenoxy) is 2. The van der Waals surface area contributed by atoms with E-state index in [1.807, 2.05) is 12.1 Å². The van der Waals surface area contributed by atoms with Crippen LogP contribution in [0.3, 0.4) is 0 Å². The molecule has 0 bridgehead atoms. The molecule has 0 radical (unpaired) electrons. The molecule has 4 rings (SSSR count). The van der Waals surface area contributed by atoms with Gasteiger partial charge in [0.05, 0.1) is 16.4 Å². The lowest BCUT2D eigenvalue weighted by atomic mass is 10.1. The Morgan fingerprint density at radius 2 is 1.88 bits per heavy atom. The third-order valence-electron chi connectivity index (χ3n) is 4.15. The average Bonchev–Trinajstić information content (AvgIpc) is 3.06. The van der Waals surface area contributed by atoms with Crippen LogP contribution in [0.2, 0.25) is 5.02 Å². The van der Waals surface area contributed by atoms with Crippen LogP contribution in [0.4, 0.5) is 11.4 Å². The molecule has 7 heteroatoms. The van der Waals surface area contributed by atoms with Crippen LogP contribution in [0.1, 0.15) is 10.4 Å². The SMILES string of the molecule is CN1C(=O)CN(C(=O)c2c(Cl)ccc3c2OCO3)c2ccccc21. The smallest absolute Gasteiger partial charge is 0.264 e. The summed E-state index contributed by atoms with van der Waals surface area (Å²) in [5, 5.41) is 0.258. The van der Waals surface area contributed by atoms with Crippen LogP contribution < -0.4 is 19.3 Å². The van der Waals surface area contributed by atoms with Gasteiger partial charge in [-0.05, 0) is 24.3 Å². The number of benzene rings is 2. The molecule has 6 nitrogen and oxygen atoms in total. The maximum Gasteiger partial charge on any atom is 0.264 e. The lowest BCUT2D eigenvalue weighted by Gasteiger charge is -2.34. The number of rotatable bonds is 1. The summed E-state index contributed by atoms with van der Waals surface area (Å²) in [5.74, 6) is 0.215. The molecule has 0 fully saturated rings. The molecule has 0 aromatic heterocycles. The van der Waals surface area contributed by atoms with E-state index in [1.54, 1.807) is 31.3 Å². The van der Waals surface area contributed by atoms with Crippen molar-refractivity contribution in [3.05, 3.63) is 47.0 Å². The van der Waals surface area contributed by atoms with Crippen LogP contribution in [0, 0.1) is 0 Å². The Morgan fingerprint density at radius 3 is 2.67 bits per heavy atom. The van der Waals surface area contributed by atoms with E-state index in [1.165, 1.54) is 9.80 Å². The van der Waals surface area contributed by atoms with Gasteiger partial charge in [0.1, 0.15) is 12.1 Å². The van der Waals surface area contributed by atoms with E-state index in [0.29, 0.717) is 22.9 Å². The van der Waals surface area contributed by atoms with Crippen molar-refractivity contribution < 1.29 is 19.1 Å². The zero-order valence-corrected chi connectivity index (χ0v) is 13.5. The minimum absolute atomic E-state index is 0.0359. The first-order chi connectivity index (χ1) is 11.6. The van der Waals surface area contributed by atoms with Crippen molar-refractivity contribution >= 4 is 34.8 Å². The highest BCUT2D eigenvalue weighted by Crippen LogP contribution is 2.42. The van der Waals surface area contributed by atoms with Gasteiger partial charge >= 0.3 is 0 Å². The van der Waals surface area contributed by atoms with E-state index in [-0.39, 0.29) is 29.8 Å². The van der Waals surface area contributed by atoms with Gasteiger partial charge in [-0.2, -0.15) is 0 Å². The number of hydrogen-bond donors (Lipinski definition) is 0. The van der Waals surface area contributed by atoms with Crippen molar-refractivity contribution in [2.24, 2.45) is 0 Å². The molecule has 2 aliphatic rings. The van der Waals surface area contributed by atoms with E-state index in [4.69, 9.17) is 21.1 Å². The number of nitrogens with zero attached hydrogens (tertiary/aromatic N) is 2. The summed E-state index contributed by atoms with van der Waals surface area (Å²) in [6.45, 7) is -0.0264. The van der Waals surface area contributed by atoms with E-state index < -0.39 is 5.91 Å². The van der Waals surface area contributed by atoms with Crippen LogP contribution in [0.15, 0.2) is 36.4 Å². The Kier molecular flexibility index (Phi) is 3.35. The zero-order valence-electron chi connectivity index (χ0n) is 12.8. The molecule has 2 aliphatic heterocycles. The number of para-hydroxylation sites is 2. The Balaban J connectivity index is 1.83. The molecule has 2 amide bonds. The van der Waals surface area contributed by atoms with Gasteiger partial charge in [0.2, 0.25) is 12.7 Å². The third-order valence-corrected chi connectivity index (χ3v) is 4.46. The molecular weight excluding hydrogens is 332 g/mol. The second-order valence-corrected chi connectivity index (χ2v) is 5.90. The topological polar surface area (TPSA) is 59.1 Å². The molecule has 0 saturated heterocycles. The maximum atomic E-state index is 13.1. The molecule has 2 aromatic carbocycles. The fraction of sp³-hybridized carbons (Fsp3) is 0.176. The Labute approximate surface area is 143 Å². The predicted molar refractivity (Wildman–Crippen MR) is 89.1 cm³/mol. The fourth-order valence-electron chi connectivity index (χ4n) is 2.90. The predicted octanol–water partition coefficient (Wildman–Crippen LogP) is 2.69. The highest BCUT2D eigenvalue weighted by atomic mass is 35.5. The summed E-state index contributed by atoms with van der Waals surface area (Å²) >= 11 is 6.24. The monoisotopic (exact) mass is 344 g/mol. The van der Waals surface area contributed by atoms with Crippen molar-refractivity contribution in [2.45, 2.75) is 0 Å². The van der Waals surface area contributed by atoms with Gasteiger partial charge in [-0.15, -0.1) is 0 Å². The molecule has 0 saturated carbocycles. The standard InChI is InChI=1S/C17H13ClN2O4/c1-19-11-4-2-3-5-12(11)20(8-14(19)21)17(22)15-10(18)6-7-13-16(15)24-9-23-13/h2-7H,8-9H2,1H3. The van der Waals surface area contributed by atoms with Crippen molar-refractivity contribution in [2.75, 3.05) is 30.2 Å². The minimum Gasteiger partial charge on any atom is -0.454 e. The van der Waals surface area contributed by atoms with Gasteiger partial charge < -0.3 is 14.4 Å². The van der Waals surface area contributed by atoms with E-state index >= 15 is 0 Å². The quantitative estimate of drug-likeness (QED) is 0.798. The van der Waals surface area contributed by atoms with Crippen LogP contribution in [0.25, 0.3) is 0 Å². The van der Waals surface area contributed by atoms with Crippen molar-refractivity contribution in [1.29, 1.82) is 0 Å². The summed E-state index contributed by atoms with van der Waals surface area (Å²) < 4.78 is 10.7. The number of carbonyl (C=O) groups is 2. The van der Waals surface area contributed by atoms with Gasteiger partial charge in [0.15, 0.2) is 11.5 Å². The van der Waals surface area contributed by atoms with Gasteiger partial charge in [0, 0.05) is 7.05 Å². The summed E-state index contributed by atoms with van der Waals surface area (Å²) in [7, 11) is 1.69. The second-order valence-electron chi connectivity index (χ2n) is 5.49. The van der Waals surface area contributed by atoms with Crippen molar-refractivity contribution in [1.82, 2.24) is 0 Å². The number of hydrogen-bond acceptors (Lipinski definition) is 4. The number of halogens is 1. The number of anilines is 2. The van der Waals surface area contributed by atoms with Crippen molar-refractivity contribution in [3.63, 3.8) is 0 Å². The fourth-order valence-corrected chi connectivity index (χ4v) is 3.13. The van der Waals surface area contributed by atoms with Gasteiger partial charge in [-0.25, -0.2) is 0 Å². The molecule has 24 heavy (non-hydrogen) atoms. The molecule has 2 aromatic rings. The number of amides is 2. The Hall–Kier alpha value is -2.73. The first-order valence-electron chi connectivity index (χ1n) is 7.33. The van der Waals surface area contributed by atoms with E-state index in [2.05, 4.69) is 0 Å². The Bertz CT molecular complexity index is 868. The third kappa shape index (κ3) is 2.11. The molecule has 0 atom stereocenters. The highest BCUT2D eigenvalue weighted by molar-refractivity contribution is 6.35. The van der Waals surface area contributed by atoms with Crippen LogP contribution >= 0.6 is 11.6 Å². The number of fused-ring (bicyclic) bond motifs is 2. The van der Waals surface area contributed by atoms with Crippen LogP contribution in [0.5, 0.6) is 11.5 Å². The van der Waals surface area contributed by atoms with Crippen LogP contribution in [-0.4, -0.2) is 32.2 Å². The number of carbonyl (C=O) groups excluding carboxylic acids is 2. The van der Waals surface area contributed by atoms with Gasteiger partial charge in [-0.3, -0.25) is 14.5 Å². The normalized spacial score (nSPS) is 15.5. The summed E-state index contributed by atoms with van der Waals surface area (Å²) in [4.78, 5) is 28.4. The summed E-state index contributed by atoms with van der Waals surface area (Å²) in [6, 6.07) is 10.5. The first-order valence-corrected chi connectivity index (χ1v) is 7.71. The lowest BCUT2D eigenvalue weighted by Crippen LogP contribution is -2.46. The molecule has 0 unspecified atom stereocenters. The molecule has 122 valence electrons. The van der Waals surface area contributed by atoms with Crippen LogP contribution in [-0.2, 0) is 4.79 Å². The molecule has 0 N–H and O–H groups in total. The largest absolute Gasteiger partial charge is 0.454 e.